The van der Waals surface area contributed by atoms with Crippen molar-refractivity contribution in [1.82, 2.24) is 5.32 Å². The van der Waals surface area contributed by atoms with E-state index in [1.807, 2.05) is 11.8 Å². The molecule has 2 heteroatoms. The second kappa shape index (κ2) is 5.17. The maximum absolute atomic E-state index is 3.42. The summed E-state index contributed by atoms with van der Waals surface area (Å²) in [4.78, 5) is 0. The summed E-state index contributed by atoms with van der Waals surface area (Å²) in [6.45, 7) is 0. The molecule has 3 rings (SSSR count). The van der Waals surface area contributed by atoms with E-state index < -0.39 is 0 Å². The van der Waals surface area contributed by atoms with Gasteiger partial charge in [-0.1, -0.05) is 42.5 Å². The van der Waals surface area contributed by atoms with Crippen LogP contribution in [0.25, 0.3) is 11.1 Å². The molecule has 1 atom stereocenters. The summed E-state index contributed by atoms with van der Waals surface area (Å²) in [5.41, 5.74) is 5.57. The highest BCUT2D eigenvalue weighted by molar-refractivity contribution is 7.98. The molecule has 1 heterocycles. The average molecular weight is 255 g/mol. The minimum atomic E-state index is 0.488. The van der Waals surface area contributed by atoms with Crippen molar-refractivity contribution in [2.45, 2.75) is 11.8 Å². The molecule has 0 bridgehead atoms. The van der Waals surface area contributed by atoms with Crippen LogP contribution < -0.4 is 5.32 Å². The lowest BCUT2D eigenvalue weighted by atomic mass is 9.96. The van der Waals surface area contributed by atoms with Gasteiger partial charge < -0.3 is 5.32 Å². The molecule has 0 saturated heterocycles. The monoisotopic (exact) mass is 255 g/mol. The number of hydrogen-bond donors (Lipinski definition) is 1. The van der Waals surface area contributed by atoms with E-state index >= 15 is 0 Å². The molecule has 1 aliphatic rings. The first-order valence-electron chi connectivity index (χ1n) is 6.32. The molecule has 0 fully saturated rings. The number of fused-ring (bicyclic) bond motifs is 1. The van der Waals surface area contributed by atoms with Crippen molar-refractivity contribution < 1.29 is 0 Å². The van der Waals surface area contributed by atoms with Crippen LogP contribution in [0.1, 0.15) is 17.2 Å². The van der Waals surface area contributed by atoms with Gasteiger partial charge in [-0.15, -0.1) is 0 Å². The Balaban J connectivity index is 2.04. The van der Waals surface area contributed by atoms with Gasteiger partial charge in [0.15, 0.2) is 0 Å². The summed E-state index contributed by atoms with van der Waals surface area (Å²) < 4.78 is 0. The minimum absolute atomic E-state index is 0.488. The predicted octanol–water partition coefficient (Wildman–Crippen LogP) is 3.86. The van der Waals surface area contributed by atoms with Gasteiger partial charge in [-0.3, -0.25) is 0 Å². The van der Waals surface area contributed by atoms with E-state index in [9.17, 15) is 0 Å². The van der Waals surface area contributed by atoms with Crippen molar-refractivity contribution in [3.8, 4) is 11.1 Å². The van der Waals surface area contributed by atoms with Gasteiger partial charge in [0, 0.05) is 17.5 Å². The molecule has 2 aromatic carbocycles. The molecule has 0 saturated carbocycles. The Morgan fingerprint density at radius 2 is 1.89 bits per heavy atom. The van der Waals surface area contributed by atoms with Gasteiger partial charge in [0.25, 0.3) is 0 Å². The third kappa shape index (κ3) is 2.18. The molecule has 1 N–H and O–H groups in total. The second-order valence-electron chi connectivity index (χ2n) is 4.64. The fourth-order valence-corrected chi connectivity index (χ4v) is 3.66. The van der Waals surface area contributed by atoms with Crippen molar-refractivity contribution in [3.63, 3.8) is 0 Å². The standard InChI is InChI=1S/C16H17NS/c1-17-16-11-18-10-14-8-7-13(9-15(14)16)12-5-3-2-4-6-12/h2-9,16-17H,10-11H2,1H3. The number of nitrogens with one attached hydrogen (secondary N) is 1. The summed E-state index contributed by atoms with van der Waals surface area (Å²) in [5.74, 6) is 2.31. The summed E-state index contributed by atoms with van der Waals surface area (Å²) in [6.07, 6.45) is 0. The van der Waals surface area contributed by atoms with E-state index in [4.69, 9.17) is 0 Å². The lowest BCUT2D eigenvalue weighted by Crippen LogP contribution is -2.23. The number of thioether (sulfide) groups is 1. The first-order valence-corrected chi connectivity index (χ1v) is 7.47. The van der Waals surface area contributed by atoms with Crippen molar-refractivity contribution in [1.29, 1.82) is 0 Å². The highest BCUT2D eigenvalue weighted by Gasteiger charge is 2.19. The van der Waals surface area contributed by atoms with Gasteiger partial charge >= 0.3 is 0 Å². The number of rotatable bonds is 2. The molecule has 0 aliphatic carbocycles. The molecule has 0 spiro atoms. The van der Waals surface area contributed by atoms with Crippen molar-refractivity contribution >= 4 is 11.8 Å². The van der Waals surface area contributed by atoms with E-state index in [-0.39, 0.29) is 0 Å². The van der Waals surface area contributed by atoms with E-state index in [0.29, 0.717) is 6.04 Å². The highest BCUT2D eigenvalue weighted by Crippen LogP contribution is 2.34. The predicted molar refractivity (Wildman–Crippen MR) is 79.8 cm³/mol. The Labute approximate surface area is 113 Å². The zero-order valence-electron chi connectivity index (χ0n) is 10.5. The highest BCUT2D eigenvalue weighted by atomic mass is 32.2. The fraction of sp³-hybridized carbons (Fsp3) is 0.250. The molecule has 18 heavy (non-hydrogen) atoms. The SMILES string of the molecule is CNC1CSCc2ccc(-c3ccccc3)cc21. The Kier molecular flexibility index (Phi) is 3.39. The first kappa shape index (κ1) is 11.8. The van der Waals surface area contributed by atoms with Crippen molar-refractivity contribution in [2.24, 2.45) is 0 Å². The van der Waals surface area contributed by atoms with E-state index in [0.717, 1.165) is 5.75 Å². The normalized spacial score (nSPS) is 18.4. The third-order valence-corrected chi connectivity index (χ3v) is 4.60. The maximum atomic E-state index is 3.42. The lowest BCUT2D eigenvalue weighted by Gasteiger charge is -2.25. The Morgan fingerprint density at radius 3 is 2.67 bits per heavy atom. The minimum Gasteiger partial charge on any atom is -0.312 e. The van der Waals surface area contributed by atoms with Crippen LogP contribution in [0.5, 0.6) is 0 Å². The second-order valence-corrected chi connectivity index (χ2v) is 5.67. The largest absolute Gasteiger partial charge is 0.312 e. The molecule has 0 radical (unpaired) electrons. The van der Waals surface area contributed by atoms with Crippen LogP contribution in [-0.4, -0.2) is 12.8 Å². The summed E-state index contributed by atoms with van der Waals surface area (Å²) in [7, 11) is 2.05. The molecule has 1 nitrogen and oxygen atoms in total. The van der Waals surface area contributed by atoms with E-state index in [1.165, 1.54) is 28.0 Å². The molecular weight excluding hydrogens is 238 g/mol. The molecule has 1 unspecified atom stereocenters. The molecule has 0 aromatic heterocycles. The Bertz CT molecular complexity index is 536. The van der Waals surface area contributed by atoms with Crippen molar-refractivity contribution in [3.05, 3.63) is 59.7 Å². The van der Waals surface area contributed by atoms with E-state index in [2.05, 4.69) is 60.9 Å². The average Bonchev–Trinajstić information content (AvgIpc) is 2.47. The quantitative estimate of drug-likeness (QED) is 0.874. The Hall–Kier alpha value is -1.25. The van der Waals surface area contributed by atoms with Crippen LogP contribution in [0, 0.1) is 0 Å². The zero-order valence-corrected chi connectivity index (χ0v) is 11.3. The smallest absolute Gasteiger partial charge is 0.0412 e. The fourth-order valence-electron chi connectivity index (χ4n) is 2.48. The maximum Gasteiger partial charge on any atom is 0.0412 e. The molecule has 92 valence electrons. The van der Waals surface area contributed by atoms with Gasteiger partial charge in [0.1, 0.15) is 0 Å². The summed E-state index contributed by atoms with van der Waals surface area (Å²) in [5, 5.41) is 3.42. The van der Waals surface area contributed by atoms with Crippen LogP contribution in [-0.2, 0) is 5.75 Å². The van der Waals surface area contributed by atoms with Gasteiger partial charge in [0.05, 0.1) is 0 Å². The van der Waals surface area contributed by atoms with Crippen LogP contribution in [0.4, 0.5) is 0 Å². The Morgan fingerprint density at radius 1 is 1.06 bits per heavy atom. The van der Waals surface area contributed by atoms with Gasteiger partial charge in [-0.05, 0) is 35.4 Å². The summed E-state index contributed by atoms with van der Waals surface area (Å²) in [6, 6.07) is 18.0. The van der Waals surface area contributed by atoms with Crippen LogP contribution in [0.3, 0.4) is 0 Å². The molecular formula is C16H17NS. The van der Waals surface area contributed by atoms with Crippen molar-refractivity contribution in [2.75, 3.05) is 12.8 Å². The van der Waals surface area contributed by atoms with Gasteiger partial charge in [-0.2, -0.15) is 11.8 Å². The van der Waals surface area contributed by atoms with Gasteiger partial charge in [-0.25, -0.2) is 0 Å². The first-order chi connectivity index (χ1) is 8.88. The molecule has 0 amide bonds. The summed E-state index contributed by atoms with van der Waals surface area (Å²) >= 11 is 2.01. The molecule has 2 aromatic rings. The lowest BCUT2D eigenvalue weighted by molar-refractivity contribution is 0.651. The third-order valence-electron chi connectivity index (χ3n) is 3.52. The van der Waals surface area contributed by atoms with Gasteiger partial charge in [0.2, 0.25) is 0 Å². The number of hydrogen-bond acceptors (Lipinski definition) is 2. The van der Waals surface area contributed by atoms with Crippen LogP contribution >= 0.6 is 11.8 Å². The zero-order chi connectivity index (χ0) is 12.4. The topological polar surface area (TPSA) is 12.0 Å². The van der Waals surface area contributed by atoms with Crippen LogP contribution in [0.15, 0.2) is 48.5 Å². The molecule has 1 aliphatic heterocycles. The van der Waals surface area contributed by atoms with E-state index in [1.54, 1.807) is 0 Å². The number of benzene rings is 2. The van der Waals surface area contributed by atoms with Crippen LogP contribution in [0.2, 0.25) is 0 Å².